The Morgan fingerprint density at radius 1 is 0.565 bits per heavy atom. The minimum Gasteiger partial charge on any atom is -0.359 e. The van der Waals surface area contributed by atoms with E-state index in [1.165, 1.54) is 0 Å². The van der Waals surface area contributed by atoms with Crippen molar-refractivity contribution < 1.29 is 19.4 Å². The highest BCUT2D eigenvalue weighted by Crippen LogP contribution is 2.50. The molecule has 0 aliphatic carbocycles. The van der Waals surface area contributed by atoms with Crippen molar-refractivity contribution in [2.75, 3.05) is 9.80 Å². The summed E-state index contributed by atoms with van der Waals surface area (Å²) < 4.78 is 4.94. The first kappa shape index (κ1) is 29.8. The van der Waals surface area contributed by atoms with Gasteiger partial charge in [-0.15, -0.1) is 0 Å². The summed E-state index contributed by atoms with van der Waals surface area (Å²) in [6.45, 7) is 0.492. The lowest BCUT2D eigenvalue weighted by molar-refractivity contribution is -0.783. The summed E-state index contributed by atoms with van der Waals surface area (Å²) in [5.41, 5.74) is 0.709. The van der Waals surface area contributed by atoms with Gasteiger partial charge in [0.2, 0.25) is 5.69 Å². The van der Waals surface area contributed by atoms with Gasteiger partial charge < -0.3 is 15.0 Å². The molecule has 230 valence electrons. The molecule has 1 heterocycles. The van der Waals surface area contributed by atoms with Crippen molar-refractivity contribution >= 4 is 33.8 Å². The van der Waals surface area contributed by atoms with Gasteiger partial charge in [-0.05, 0) is 27.2 Å². The maximum Gasteiger partial charge on any atom is 0.354 e. The van der Waals surface area contributed by atoms with Gasteiger partial charge >= 0.3 is 16.9 Å². The van der Waals surface area contributed by atoms with E-state index >= 15 is 0 Å². The normalized spacial score (nSPS) is 11.0. The predicted molar refractivity (Wildman–Crippen MR) is 172 cm³/mol. The number of anilines is 2. The molecule has 0 spiro atoms. The summed E-state index contributed by atoms with van der Waals surface area (Å²) in [4.78, 5) is 28.0. The van der Waals surface area contributed by atoms with Gasteiger partial charge in [-0.3, -0.25) is 24.9 Å². The standard InChI is InChI=1S/C34H28N6O6/c41-38(42)33-30(36(21-25-13-5-1-6-14-25)22-26-15-7-2-8-16-26)29-31(40(45)46-35-29)34(39(43)44)32(33)37(23-27-17-9-3-10-18-27)24-28-19-11-4-12-20-28/h1-20H,21-24H2. The fourth-order valence-corrected chi connectivity index (χ4v) is 5.64. The van der Waals surface area contributed by atoms with E-state index in [2.05, 4.69) is 5.16 Å². The second-order valence-corrected chi connectivity index (χ2v) is 10.7. The Labute approximate surface area is 263 Å². The first-order valence-corrected chi connectivity index (χ1v) is 14.4. The van der Waals surface area contributed by atoms with E-state index < -0.39 is 26.7 Å². The van der Waals surface area contributed by atoms with Crippen LogP contribution in [-0.2, 0) is 26.2 Å². The van der Waals surface area contributed by atoms with Crippen molar-refractivity contribution in [2.24, 2.45) is 0 Å². The minimum absolute atomic E-state index is 0.0450. The summed E-state index contributed by atoms with van der Waals surface area (Å²) >= 11 is 0. The van der Waals surface area contributed by atoms with Gasteiger partial charge in [0.1, 0.15) is 0 Å². The molecule has 1 aromatic heterocycles. The Morgan fingerprint density at radius 2 is 0.913 bits per heavy atom. The molecular weight excluding hydrogens is 588 g/mol. The van der Waals surface area contributed by atoms with E-state index in [0.717, 1.165) is 22.3 Å². The van der Waals surface area contributed by atoms with E-state index in [0.29, 0.717) is 0 Å². The molecule has 0 radical (unpaired) electrons. The predicted octanol–water partition coefficient (Wildman–Crippen LogP) is 6.69. The molecule has 5 aromatic carbocycles. The summed E-state index contributed by atoms with van der Waals surface area (Å²) in [5.74, 6) is 0. The van der Waals surface area contributed by atoms with E-state index in [1.807, 2.05) is 121 Å². The number of aromatic nitrogens is 2. The minimum atomic E-state index is -0.776. The van der Waals surface area contributed by atoms with Gasteiger partial charge in [0.25, 0.3) is 5.52 Å². The molecule has 6 aromatic rings. The molecule has 0 bridgehead atoms. The Bertz CT molecular complexity index is 1890. The number of hydrogen-bond acceptors (Lipinski definition) is 9. The molecule has 0 atom stereocenters. The van der Waals surface area contributed by atoms with E-state index in [9.17, 15) is 25.4 Å². The van der Waals surface area contributed by atoms with E-state index in [4.69, 9.17) is 4.63 Å². The molecular formula is C34H28N6O6. The smallest absolute Gasteiger partial charge is 0.354 e. The molecule has 0 aliphatic heterocycles. The van der Waals surface area contributed by atoms with Crippen molar-refractivity contribution in [1.82, 2.24) is 5.16 Å². The molecule has 0 saturated carbocycles. The summed E-state index contributed by atoms with van der Waals surface area (Å²) in [6.07, 6.45) is 0. The van der Waals surface area contributed by atoms with Crippen LogP contribution >= 0.6 is 0 Å². The molecule has 0 aliphatic rings. The van der Waals surface area contributed by atoms with Crippen LogP contribution in [0.3, 0.4) is 0 Å². The van der Waals surface area contributed by atoms with Gasteiger partial charge in [0, 0.05) is 31.3 Å². The Morgan fingerprint density at radius 3 is 1.26 bits per heavy atom. The van der Waals surface area contributed by atoms with Crippen molar-refractivity contribution in [3.05, 3.63) is 169 Å². The van der Waals surface area contributed by atoms with Crippen LogP contribution in [0, 0.1) is 25.4 Å². The molecule has 0 saturated heterocycles. The van der Waals surface area contributed by atoms with E-state index in [-0.39, 0.29) is 48.0 Å². The third-order valence-corrected chi connectivity index (χ3v) is 7.60. The van der Waals surface area contributed by atoms with Crippen molar-refractivity contribution in [2.45, 2.75) is 26.2 Å². The van der Waals surface area contributed by atoms with Crippen LogP contribution in [0.4, 0.5) is 22.7 Å². The average Bonchev–Trinajstić information content (AvgIpc) is 3.45. The lowest BCUT2D eigenvalue weighted by Gasteiger charge is -2.28. The number of nitro groups is 2. The first-order valence-electron chi connectivity index (χ1n) is 14.4. The van der Waals surface area contributed by atoms with Crippen molar-refractivity contribution in [1.29, 1.82) is 0 Å². The third-order valence-electron chi connectivity index (χ3n) is 7.60. The van der Waals surface area contributed by atoms with Gasteiger partial charge in [0.15, 0.2) is 5.69 Å². The van der Waals surface area contributed by atoms with Crippen LogP contribution in [0.1, 0.15) is 22.3 Å². The highest BCUT2D eigenvalue weighted by molar-refractivity contribution is 6.05. The zero-order valence-corrected chi connectivity index (χ0v) is 24.5. The molecule has 6 rings (SSSR count). The number of nitro benzene ring substituents is 2. The zero-order chi connectivity index (χ0) is 32.0. The highest BCUT2D eigenvalue weighted by Gasteiger charge is 2.44. The van der Waals surface area contributed by atoms with Gasteiger partial charge in [-0.25, -0.2) is 0 Å². The number of rotatable bonds is 12. The summed E-state index contributed by atoms with van der Waals surface area (Å²) in [6, 6.07) is 36.9. The topological polar surface area (TPSA) is 146 Å². The SMILES string of the molecule is O=[N+]([O-])c1c(N(Cc2ccccc2)Cc2ccccc2)c([N+](=O)[O-])c2c(no[n+]2[O-])c1N(Cc1ccccc1)Cc1ccccc1. The number of hydrogen-bond donors (Lipinski definition) is 0. The molecule has 0 unspecified atom stereocenters. The number of nitrogens with zero attached hydrogens (tertiary/aromatic N) is 6. The Balaban J connectivity index is 1.67. The Kier molecular flexibility index (Phi) is 8.50. The van der Waals surface area contributed by atoms with Crippen LogP contribution in [0.2, 0.25) is 0 Å². The average molecular weight is 617 g/mol. The molecule has 0 amide bonds. The van der Waals surface area contributed by atoms with Crippen LogP contribution in [0.25, 0.3) is 11.0 Å². The second-order valence-electron chi connectivity index (χ2n) is 10.7. The lowest BCUT2D eigenvalue weighted by Crippen LogP contribution is -2.30. The molecule has 12 heteroatoms. The summed E-state index contributed by atoms with van der Waals surface area (Å²) in [5, 5.41) is 43.2. The molecule has 46 heavy (non-hydrogen) atoms. The number of fused-ring (bicyclic) bond motifs is 1. The van der Waals surface area contributed by atoms with Gasteiger partial charge in [0.05, 0.1) is 9.85 Å². The van der Waals surface area contributed by atoms with Crippen LogP contribution in [-0.4, -0.2) is 15.0 Å². The largest absolute Gasteiger partial charge is 0.359 e. The molecule has 0 N–H and O–H groups in total. The van der Waals surface area contributed by atoms with Crippen LogP contribution in [0.5, 0.6) is 0 Å². The van der Waals surface area contributed by atoms with Gasteiger partial charge in [-0.1, -0.05) is 121 Å². The van der Waals surface area contributed by atoms with Crippen molar-refractivity contribution in [3.8, 4) is 0 Å². The highest BCUT2D eigenvalue weighted by atomic mass is 16.8. The lowest BCUT2D eigenvalue weighted by atomic mass is 10.0. The molecule has 12 nitrogen and oxygen atoms in total. The van der Waals surface area contributed by atoms with Crippen LogP contribution in [0.15, 0.2) is 126 Å². The third kappa shape index (κ3) is 6.17. The first-order chi connectivity index (χ1) is 22.4. The maximum atomic E-state index is 13.3. The fraction of sp³-hybridized carbons (Fsp3) is 0.118. The zero-order valence-electron chi connectivity index (χ0n) is 24.5. The van der Waals surface area contributed by atoms with Crippen LogP contribution < -0.4 is 14.7 Å². The quantitative estimate of drug-likeness (QED) is 0.0833. The monoisotopic (exact) mass is 616 g/mol. The number of benzene rings is 5. The second kappa shape index (κ2) is 13.1. The Hall–Kier alpha value is -6.30. The fourth-order valence-electron chi connectivity index (χ4n) is 5.64. The maximum absolute atomic E-state index is 13.3. The van der Waals surface area contributed by atoms with E-state index in [1.54, 1.807) is 9.80 Å². The summed E-state index contributed by atoms with van der Waals surface area (Å²) in [7, 11) is 0. The van der Waals surface area contributed by atoms with Gasteiger partial charge in [-0.2, -0.15) is 0 Å². The van der Waals surface area contributed by atoms with Crippen molar-refractivity contribution in [3.63, 3.8) is 0 Å². The molecule has 0 fully saturated rings.